The highest BCUT2D eigenvalue weighted by Gasteiger charge is 2.24. The Hall–Kier alpha value is -1.60. The number of halogens is 2. The van der Waals surface area contributed by atoms with Gasteiger partial charge in [-0.1, -0.05) is 42.3 Å². The minimum Gasteiger partial charge on any atom is -0.478 e. The van der Waals surface area contributed by atoms with Crippen LogP contribution in [-0.2, 0) is 16.4 Å². The maximum Gasteiger partial charge on any atom is 0.337 e. The Kier molecular flexibility index (Phi) is 6.46. The highest BCUT2D eigenvalue weighted by atomic mass is 35.5. The first-order chi connectivity index (χ1) is 11.8. The van der Waals surface area contributed by atoms with Gasteiger partial charge in [-0.25, -0.2) is 13.2 Å². The van der Waals surface area contributed by atoms with E-state index in [1.165, 1.54) is 16.4 Å². The molecule has 25 heavy (non-hydrogen) atoms. The summed E-state index contributed by atoms with van der Waals surface area (Å²) < 4.78 is 26.9. The molecular formula is C17H17Cl2NO4S. The molecule has 0 spiro atoms. The predicted octanol–water partition coefficient (Wildman–Crippen LogP) is 3.94. The molecule has 8 heteroatoms. The largest absolute Gasteiger partial charge is 0.478 e. The molecule has 0 fully saturated rings. The topological polar surface area (TPSA) is 74.7 Å². The number of carbonyl (C=O) groups is 1. The monoisotopic (exact) mass is 401 g/mol. The molecule has 2 aromatic rings. The number of likely N-dealkylation sites (N-methyl/N-ethyl adjacent to an activating group) is 1. The Morgan fingerprint density at radius 3 is 2.32 bits per heavy atom. The fourth-order valence-corrected chi connectivity index (χ4v) is 4.13. The molecule has 0 atom stereocenters. The summed E-state index contributed by atoms with van der Waals surface area (Å²) in [5.74, 6) is -1.27. The van der Waals surface area contributed by atoms with Crippen LogP contribution in [0.4, 0.5) is 0 Å². The van der Waals surface area contributed by atoms with Crippen LogP contribution in [0.3, 0.4) is 0 Å². The predicted molar refractivity (Wildman–Crippen MR) is 98.0 cm³/mol. The fourth-order valence-electron chi connectivity index (χ4n) is 2.33. The van der Waals surface area contributed by atoms with Crippen molar-refractivity contribution in [3.05, 3.63) is 63.6 Å². The van der Waals surface area contributed by atoms with Gasteiger partial charge in [0.1, 0.15) is 0 Å². The molecule has 0 aliphatic rings. The van der Waals surface area contributed by atoms with Gasteiger partial charge >= 0.3 is 5.97 Å². The Bertz CT molecular complexity index is 867. The minimum atomic E-state index is -3.82. The van der Waals surface area contributed by atoms with Crippen molar-refractivity contribution in [2.24, 2.45) is 0 Å². The van der Waals surface area contributed by atoms with Crippen molar-refractivity contribution in [1.82, 2.24) is 4.31 Å². The van der Waals surface area contributed by atoms with Crippen LogP contribution in [0.1, 0.15) is 22.8 Å². The number of rotatable bonds is 7. The van der Waals surface area contributed by atoms with E-state index in [-0.39, 0.29) is 28.6 Å². The zero-order valence-electron chi connectivity index (χ0n) is 13.4. The number of aromatic carboxylic acids is 1. The van der Waals surface area contributed by atoms with Crippen LogP contribution in [0.25, 0.3) is 0 Å². The lowest BCUT2D eigenvalue weighted by atomic mass is 10.1. The van der Waals surface area contributed by atoms with Crippen LogP contribution >= 0.6 is 23.2 Å². The maximum atomic E-state index is 12.8. The second kappa shape index (κ2) is 8.19. The first-order valence-electron chi connectivity index (χ1n) is 7.53. The Labute approximate surface area is 156 Å². The van der Waals surface area contributed by atoms with Crippen molar-refractivity contribution in [2.45, 2.75) is 18.2 Å². The van der Waals surface area contributed by atoms with Crippen LogP contribution in [0.15, 0.2) is 47.4 Å². The standard InChI is InChI=1S/C17H17Cl2NO4S/c1-2-20(10-9-12-3-5-13(18)6-4-12)25(23,24)14-7-8-16(19)15(11-14)17(21)22/h3-8,11H,2,9-10H2,1H3,(H,21,22). The van der Waals surface area contributed by atoms with E-state index >= 15 is 0 Å². The SMILES string of the molecule is CCN(CCc1ccc(Cl)cc1)S(=O)(=O)c1ccc(Cl)c(C(=O)O)c1. The van der Waals surface area contributed by atoms with Gasteiger partial charge < -0.3 is 5.11 Å². The lowest BCUT2D eigenvalue weighted by Gasteiger charge is -2.21. The molecule has 1 N–H and O–H groups in total. The molecule has 2 aromatic carbocycles. The number of nitrogens with zero attached hydrogens (tertiary/aromatic N) is 1. The van der Waals surface area contributed by atoms with Crippen LogP contribution < -0.4 is 0 Å². The van der Waals surface area contributed by atoms with E-state index in [0.29, 0.717) is 11.4 Å². The molecule has 0 saturated carbocycles. The van der Waals surface area contributed by atoms with Crippen molar-refractivity contribution in [2.75, 3.05) is 13.1 Å². The van der Waals surface area contributed by atoms with E-state index in [1.807, 2.05) is 12.1 Å². The number of benzene rings is 2. The van der Waals surface area contributed by atoms with Crippen LogP contribution in [-0.4, -0.2) is 36.9 Å². The summed E-state index contributed by atoms with van der Waals surface area (Å²) in [5.41, 5.74) is 0.719. The van der Waals surface area contributed by atoms with Gasteiger partial charge in [0.05, 0.1) is 15.5 Å². The van der Waals surface area contributed by atoms with Gasteiger partial charge in [0.15, 0.2) is 0 Å². The highest BCUT2D eigenvalue weighted by Crippen LogP contribution is 2.23. The van der Waals surface area contributed by atoms with Gasteiger partial charge in [0, 0.05) is 18.1 Å². The first kappa shape index (κ1) is 19.7. The molecule has 134 valence electrons. The summed E-state index contributed by atoms with van der Waals surface area (Å²) in [6.07, 6.45) is 0.517. The minimum absolute atomic E-state index is 0.00402. The summed E-state index contributed by atoms with van der Waals surface area (Å²) in [5, 5.41) is 9.74. The highest BCUT2D eigenvalue weighted by molar-refractivity contribution is 7.89. The number of carboxylic acid groups (broad SMARTS) is 1. The molecule has 5 nitrogen and oxygen atoms in total. The smallest absolute Gasteiger partial charge is 0.337 e. The first-order valence-corrected chi connectivity index (χ1v) is 9.72. The molecule has 0 aromatic heterocycles. The number of hydrogen-bond donors (Lipinski definition) is 1. The van der Waals surface area contributed by atoms with Crippen molar-refractivity contribution in [3.8, 4) is 0 Å². The van der Waals surface area contributed by atoms with E-state index in [9.17, 15) is 13.2 Å². The van der Waals surface area contributed by atoms with Gasteiger partial charge in [-0.2, -0.15) is 4.31 Å². The third-order valence-corrected chi connectivity index (χ3v) is 6.27. The lowest BCUT2D eigenvalue weighted by molar-refractivity contribution is 0.0697. The summed E-state index contributed by atoms with van der Waals surface area (Å²) in [4.78, 5) is 11.1. The van der Waals surface area contributed by atoms with E-state index < -0.39 is 16.0 Å². The Morgan fingerprint density at radius 1 is 1.12 bits per heavy atom. The molecular weight excluding hydrogens is 385 g/mol. The average Bonchev–Trinajstić information content (AvgIpc) is 2.56. The van der Waals surface area contributed by atoms with E-state index in [2.05, 4.69) is 0 Å². The Balaban J connectivity index is 2.24. The summed E-state index contributed by atoms with van der Waals surface area (Å²) in [7, 11) is -3.82. The van der Waals surface area contributed by atoms with E-state index in [4.69, 9.17) is 28.3 Å². The molecule has 0 heterocycles. The molecule has 0 radical (unpaired) electrons. The zero-order chi connectivity index (χ0) is 18.6. The van der Waals surface area contributed by atoms with Crippen LogP contribution in [0.2, 0.25) is 10.0 Å². The summed E-state index contributed by atoms with van der Waals surface area (Å²) >= 11 is 11.7. The molecule has 0 bridgehead atoms. The Morgan fingerprint density at radius 2 is 1.76 bits per heavy atom. The summed E-state index contributed by atoms with van der Waals surface area (Å²) in [6, 6.07) is 10.9. The molecule has 0 saturated heterocycles. The molecule has 0 aliphatic carbocycles. The van der Waals surface area contributed by atoms with Gasteiger partial charge in [-0.3, -0.25) is 0 Å². The van der Waals surface area contributed by atoms with Crippen molar-refractivity contribution in [3.63, 3.8) is 0 Å². The molecule has 0 amide bonds. The quantitative estimate of drug-likeness (QED) is 0.761. The van der Waals surface area contributed by atoms with Gasteiger partial charge in [0.2, 0.25) is 10.0 Å². The normalized spacial score (nSPS) is 11.7. The number of carboxylic acids is 1. The van der Waals surface area contributed by atoms with E-state index in [1.54, 1.807) is 19.1 Å². The average molecular weight is 402 g/mol. The number of sulfonamides is 1. The maximum absolute atomic E-state index is 12.8. The van der Waals surface area contributed by atoms with Gasteiger partial charge in [0.25, 0.3) is 0 Å². The molecule has 2 rings (SSSR count). The second-order valence-corrected chi connectivity index (χ2v) is 8.10. The van der Waals surface area contributed by atoms with Crippen LogP contribution in [0, 0.1) is 0 Å². The van der Waals surface area contributed by atoms with Gasteiger partial charge in [-0.05, 0) is 42.3 Å². The number of hydrogen-bond acceptors (Lipinski definition) is 3. The van der Waals surface area contributed by atoms with Crippen molar-refractivity contribution in [1.29, 1.82) is 0 Å². The molecule has 0 unspecified atom stereocenters. The fraction of sp³-hybridized carbons (Fsp3) is 0.235. The van der Waals surface area contributed by atoms with E-state index in [0.717, 1.165) is 11.6 Å². The third-order valence-electron chi connectivity index (χ3n) is 3.72. The van der Waals surface area contributed by atoms with Crippen LogP contribution in [0.5, 0.6) is 0 Å². The molecule has 0 aliphatic heterocycles. The summed E-state index contributed by atoms with van der Waals surface area (Å²) in [6.45, 7) is 2.26. The lowest BCUT2D eigenvalue weighted by Crippen LogP contribution is -2.33. The van der Waals surface area contributed by atoms with Crippen molar-refractivity contribution < 1.29 is 18.3 Å². The second-order valence-electron chi connectivity index (χ2n) is 5.32. The van der Waals surface area contributed by atoms with Gasteiger partial charge in [-0.15, -0.1) is 0 Å². The zero-order valence-corrected chi connectivity index (χ0v) is 15.8. The van der Waals surface area contributed by atoms with Crippen molar-refractivity contribution >= 4 is 39.2 Å². The third kappa shape index (κ3) is 4.73.